The monoisotopic (exact) mass is 287 g/mol. The minimum atomic E-state index is -2.92. The highest BCUT2D eigenvalue weighted by atomic mass is 32.2. The first-order valence-corrected chi connectivity index (χ1v) is 9.33. The van der Waals surface area contributed by atoms with E-state index in [-0.39, 0.29) is 11.2 Å². The van der Waals surface area contributed by atoms with Crippen LogP contribution in [0.3, 0.4) is 0 Å². The van der Waals surface area contributed by atoms with E-state index in [2.05, 4.69) is 11.8 Å². The summed E-state index contributed by atoms with van der Waals surface area (Å²) in [5.41, 5.74) is 0. The Balaban J connectivity index is 2.00. The molecular formula is C14H25NO3S. The Hall–Kier alpha value is -0.420. The van der Waals surface area contributed by atoms with E-state index in [1.165, 1.54) is 6.26 Å². The van der Waals surface area contributed by atoms with Crippen molar-refractivity contribution in [1.82, 2.24) is 4.90 Å². The number of carbonyl (C=O) groups excluding carboxylic acids is 1. The maximum atomic E-state index is 11.8. The van der Waals surface area contributed by atoms with Crippen LogP contribution in [0.4, 0.5) is 0 Å². The predicted molar refractivity (Wildman–Crippen MR) is 75.9 cm³/mol. The normalized spacial score (nSPS) is 34.4. The second-order valence-corrected chi connectivity index (χ2v) is 8.41. The number of sulfone groups is 1. The molecule has 0 aromatic rings. The van der Waals surface area contributed by atoms with Crippen molar-refractivity contribution < 1.29 is 13.2 Å². The van der Waals surface area contributed by atoms with Gasteiger partial charge in [-0.15, -0.1) is 0 Å². The van der Waals surface area contributed by atoms with E-state index in [9.17, 15) is 13.2 Å². The van der Waals surface area contributed by atoms with E-state index in [1.54, 1.807) is 0 Å². The zero-order valence-corrected chi connectivity index (χ0v) is 12.8. The molecule has 0 aromatic heterocycles. The molecule has 2 fully saturated rings. The van der Waals surface area contributed by atoms with E-state index >= 15 is 0 Å². The van der Waals surface area contributed by atoms with E-state index in [0.717, 1.165) is 45.2 Å². The van der Waals surface area contributed by atoms with Gasteiger partial charge in [0.25, 0.3) is 0 Å². The number of nitrogens with zero attached hydrogens (tertiary/aromatic N) is 1. The first-order valence-electron chi connectivity index (χ1n) is 7.37. The summed E-state index contributed by atoms with van der Waals surface area (Å²) in [4.78, 5) is 14.1. The van der Waals surface area contributed by atoms with Crippen LogP contribution >= 0.6 is 0 Å². The topological polar surface area (TPSA) is 54.5 Å². The lowest BCUT2D eigenvalue weighted by atomic mass is 9.88. The molecule has 1 saturated carbocycles. The Labute approximate surface area is 116 Å². The number of Topliss-reactive ketones (excluding diaryl/α,β-unsaturated/α-hetero) is 1. The average molecular weight is 287 g/mol. The maximum Gasteiger partial charge on any atom is 0.150 e. The number of likely N-dealkylation sites (tertiary alicyclic amines) is 1. The number of carbonyl (C=O) groups is 1. The quantitative estimate of drug-likeness (QED) is 0.792. The highest BCUT2D eigenvalue weighted by Crippen LogP contribution is 2.30. The van der Waals surface area contributed by atoms with Gasteiger partial charge in [0.05, 0.1) is 5.25 Å². The molecular weight excluding hydrogens is 262 g/mol. The largest absolute Gasteiger partial charge is 0.299 e. The zero-order chi connectivity index (χ0) is 14.0. The molecule has 0 spiro atoms. The Morgan fingerprint density at radius 1 is 1.32 bits per heavy atom. The summed E-state index contributed by atoms with van der Waals surface area (Å²) in [7, 11) is -2.92. The Morgan fingerprint density at radius 2 is 2.05 bits per heavy atom. The number of hydrogen-bond acceptors (Lipinski definition) is 4. The predicted octanol–water partition coefficient (Wildman–Crippen LogP) is 1.64. The average Bonchev–Trinajstić information content (AvgIpc) is 2.38. The molecule has 1 heterocycles. The smallest absolute Gasteiger partial charge is 0.150 e. The van der Waals surface area contributed by atoms with Crippen LogP contribution in [0.5, 0.6) is 0 Å². The fourth-order valence-corrected chi connectivity index (χ4v) is 4.63. The van der Waals surface area contributed by atoms with E-state index in [1.807, 2.05) is 0 Å². The third-order valence-corrected chi connectivity index (χ3v) is 6.41. The van der Waals surface area contributed by atoms with Crippen molar-refractivity contribution in [2.45, 2.75) is 56.7 Å². The summed E-state index contributed by atoms with van der Waals surface area (Å²) in [5.74, 6) is 0.543. The summed E-state index contributed by atoms with van der Waals surface area (Å²) in [6.45, 7) is 3.71. The van der Waals surface area contributed by atoms with Gasteiger partial charge in [0.1, 0.15) is 15.6 Å². The highest BCUT2D eigenvalue weighted by molar-refractivity contribution is 7.91. The van der Waals surface area contributed by atoms with Crippen LogP contribution in [0.25, 0.3) is 0 Å². The molecule has 4 nitrogen and oxygen atoms in total. The van der Waals surface area contributed by atoms with Crippen molar-refractivity contribution in [2.75, 3.05) is 19.3 Å². The number of hydrogen-bond donors (Lipinski definition) is 0. The van der Waals surface area contributed by atoms with E-state index in [4.69, 9.17) is 0 Å². The molecule has 2 aliphatic rings. The lowest BCUT2D eigenvalue weighted by Gasteiger charge is -2.40. The SMILES string of the molecule is CCC1CN(C2CCCC(S(C)(=O)=O)C2)CCC1=O. The minimum Gasteiger partial charge on any atom is -0.299 e. The number of rotatable bonds is 3. The second kappa shape index (κ2) is 5.92. The van der Waals surface area contributed by atoms with Gasteiger partial charge >= 0.3 is 0 Å². The summed E-state index contributed by atoms with van der Waals surface area (Å²) in [6, 6.07) is 0.357. The molecule has 0 bridgehead atoms. The highest BCUT2D eigenvalue weighted by Gasteiger charge is 2.35. The summed E-state index contributed by atoms with van der Waals surface area (Å²) < 4.78 is 23.4. The Bertz CT molecular complexity index is 432. The summed E-state index contributed by atoms with van der Waals surface area (Å²) in [5, 5.41) is -0.177. The third-order valence-electron chi connectivity index (χ3n) is 4.77. The van der Waals surface area contributed by atoms with Gasteiger partial charge in [0, 0.05) is 37.7 Å². The lowest BCUT2D eigenvalue weighted by molar-refractivity contribution is -0.127. The molecule has 1 aliphatic heterocycles. The molecule has 1 aliphatic carbocycles. The van der Waals surface area contributed by atoms with Gasteiger partial charge in [-0.05, 0) is 25.7 Å². The molecule has 3 unspecified atom stereocenters. The molecule has 0 radical (unpaired) electrons. The second-order valence-electron chi connectivity index (χ2n) is 6.09. The van der Waals surface area contributed by atoms with Gasteiger partial charge in [-0.2, -0.15) is 0 Å². The zero-order valence-electron chi connectivity index (χ0n) is 12.0. The van der Waals surface area contributed by atoms with Gasteiger partial charge in [0.2, 0.25) is 0 Å². The summed E-state index contributed by atoms with van der Waals surface area (Å²) >= 11 is 0. The van der Waals surface area contributed by atoms with Gasteiger partial charge < -0.3 is 0 Å². The number of piperidine rings is 1. The maximum absolute atomic E-state index is 11.8. The Morgan fingerprint density at radius 3 is 2.68 bits per heavy atom. The van der Waals surface area contributed by atoms with Crippen LogP contribution < -0.4 is 0 Å². The molecule has 110 valence electrons. The summed E-state index contributed by atoms with van der Waals surface area (Å²) in [6.07, 6.45) is 6.52. The van der Waals surface area contributed by atoms with Gasteiger partial charge in [-0.3, -0.25) is 9.69 Å². The minimum absolute atomic E-state index is 0.160. The standard InChI is InChI=1S/C14H25NO3S/c1-3-11-10-15(8-7-14(11)16)12-5-4-6-13(9-12)19(2,17)18/h11-13H,3-10H2,1-2H3. The molecule has 0 N–H and O–H groups in total. The van der Waals surface area contributed by atoms with Crippen LogP contribution in [0.2, 0.25) is 0 Å². The molecule has 3 atom stereocenters. The van der Waals surface area contributed by atoms with Gasteiger partial charge in [0.15, 0.2) is 0 Å². The third kappa shape index (κ3) is 3.57. The fourth-order valence-electron chi connectivity index (χ4n) is 3.46. The molecule has 5 heteroatoms. The molecule has 2 rings (SSSR count). The van der Waals surface area contributed by atoms with Gasteiger partial charge in [-0.1, -0.05) is 13.3 Å². The molecule has 0 aromatic carbocycles. The van der Waals surface area contributed by atoms with Crippen LogP contribution in [-0.4, -0.2) is 49.7 Å². The van der Waals surface area contributed by atoms with E-state index < -0.39 is 9.84 Å². The lowest BCUT2D eigenvalue weighted by Crippen LogP contribution is -2.49. The molecule has 0 amide bonds. The van der Waals surface area contributed by atoms with Crippen molar-refractivity contribution in [1.29, 1.82) is 0 Å². The van der Waals surface area contributed by atoms with Gasteiger partial charge in [-0.25, -0.2) is 8.42 Å². The Kier molecular flexibility index (Phi) is 4.66. The first-order chi connectivity index (χ1) is 8.91. The number of ketones is 1. The van der Waals surface area contributed by atoms with Crippen LogP contribution in [0, 0.1) is 5.92 Å². The van der Waals surface area contributed by atoms with Crippen LogP contribution in [-0.2, 0) is 14.6 Å². The van der Waals surface area contributed by atoms with Crippen molar-refractivity contribution in [3.8, 4) is 0 Å². The van der Waals surface area contributed by atoms with Crippen molar-refractivity contribution in [3.05, 3.63) is 0 Å². The van der Waals surface area contributed by atoms with Crippen molar-refractivity contribution in [2.24, 2.45) is 5.92 Å². The molecule has 19 heavy (non-hydrogen) atoms. The van der Waals surface area contributed by atoms with E-state index in [0.29, 0.717) is 18.2 Å². The fraction of sp³-hybridized carbons (Fsp3) is 0.929. The first kappa shape index (κ1) is 15.0. The molecule has 1 saturated heterocycles. The van der Waals surface area contributed by atoms with Crippen LogP contribution in [0.15, 0.2) is 0 Å². The van der Waals surface area contributed by atoms with Crippen molar-refractivity contribution >= 4 is 15.6 Å². The van der Waals surface area contributed by atoms with Crippen molar-refractivity contribution in [3.63, 3.8) is 0 Å². The van der Waals surface area contributed by atoms with Crippen LogP contribution in [0.1, 0.15) is 45.4 Å².